The number of hydrogen-bond acceptors (Lipinski definition) is 3. The molecule has 0 spiro atoms. The summed E-state index contributed by atoms with van der Waals surface area (Å²) >= 11 is 0. The van der Waals surface area contributed by atoms with Gasteiger partial charge in [0.1, 0.15) is 5.82 Å². The van der Waals surface area contributed by atoms with E-state index >= 15 is 0 Å². The molecule has 3 nitrogen and oxygen atoms in total. The Kier molecular flexibility index (Phi) is 6.68. The van der Waals surface area contributed by atoms with Crippen LogP contribution in [0.15, 0.2) is 18.2 Å². The number of rotatable bonds is 8. The van der Waals surface area contributed by atoms with Crippen LogP contribution in [0.2, 0.25) is 0 Å². The fraction of sp³-hybridized carbons (Fsp3) is 0.571. The SMILES string of the molecule is CCOC(CCNc1cc(F)ccc1C)OCC. The van der Waals surface area contributed by atoms with E-state index in [1.807, 2.05) is 20.8 Å². The highest BCUT2D eigenvalue weighted by molar-refractivity contribution is 5.50. The molecule has 0 radical (unpaired) electrons. The zero-order chi connectivity index (χ0) is 13.4. The molecule has 0 unspecified atom stereocenters. The molecule has 1 rings (SSSR count). The van der Waals surface area contributed by atoms with Crippen molar-refractivity contribution < 1.29 is 13.9 Å². The Bertz CT molecular complexity index is 352. The molecule has 1 N–H and O–H groups in total. The van der Waals surface area contributed by atoms with Crippen molar-refractivity contribution in [2.45, 2.75) is 33.5 Å². The lowest BCUT2D eigenvalue weighted by Gasteiger charge is -2.17. The summed E-state index contributed by atoms with van der Waals surface area (Å²) < 4.78 is 24.0. The lowest BCUT2D eigenvalue weighted by molar-refractivity contribution is -0.137. The summed E-state index contributed by atoms with van der Waals surface area (Å²) in [5.74, 6) is -0.228. The van der Waals surface area contributed by atoms with Gasteiger partial charge in [-0.15, -0.1) is 0 Å². The first kappa shape index (κ1) is 14.9. The largest absolute Gasteiger partial charge is 0.385 e. The Balaban J connectivity index is 2.41. The van der Waals surface area contributed by atoms with E-state index in [2.05, 4.69) is 5.32 Å². The average Bonchev–Trinajstić information content (AvgIpc) is 2.34. The fourth-order valence-corrected chi connectivity index (χ4v) is 1.70. The van der Waals surface area contributed by atoms with Gasteiger partial charge in [-0.3, -0.25) is 0 Å². The molecule has 18 heavy (non-hydrogen) atoms. The summed E-state index contributed by atoms with van der Waals surface area (Å²) in [5, 5.41) is 3.20. The molecule has 0 bridgehead atoms. The molecule has 0 aromatic heterocycles. The van der Waals surface area contributed by atoms with E-state index in [1.54, 1.807) is 6.07 Å². The Hall–Kier alpha value is -1.13. The number of aryl methyl sites for hydroxylation is 1. The van der Waals surface area contributed by atoms with Gasteiger partial charge in [-0.25, -0.2) is 4.39 Å². The van der Waals surface area contributed by atoms with Crippen molar-refractivity contribution in [1.82, 2.24) is 0 Å². The molecule has 1 aromatic carbocycles. The van der Waals surface area contributed by atoms with E-state index in [4.69, 9.17) is 9.47 Å². The molecular formula is C14H22FNO2. The first-order chi connectivity index (χ1) is 8.67. The summed E-state index contributed by atoms with van der Waals surface area (Å²) in [6, 6.07) is 4.73. The van der Waals surface area contributed by atoms with Crippen LogP contribution >= 0.6 is 0 Å². The highest BCUT2D eigenvalue weighted by atomic mass is 19.1. The van der Waals surface area contributed by atoms with E-state index in [9.17, 15) is 4.39 Å². The lowest BCUT2D eigenvalue weighted by Crippen LogP contribution is -2.21. The van der Waals surface area contributed by atoms with Crippen LogP contribution < -0.4 is 5.32 Å². The van der Waals surface area contributed by atoms with Gasteiger partial charge in [0.05, 0.1) is 0 Å². The number of nitrogens with one attached hydrogen (secondary N) is 1. The summed E-state index contributed by atoms with van der Waals surface area (Å²) in [7, 11) is 0. The van der Waals surface area contributed by atoms with E-state index < -0.39 is 0 Å². The standard InChI is InChI=1S/C14H22FNO2/c1-4-17-14(18-5-2)8-9-16-13-10-12(15)7-6-11(13)3/h6-7,10,14,16H,4-5,8-9H2,1-3H3. The average molecular weight is 255 g/mol. The molecule has 102 valence electrons. The lowest BCUT2D eigenvalue weighted by atomic mass is 10.2. The maximum atomic E-state index is 13.1. The van der Waals surface area contributed by atoms with Crippen molar-refractivity contribution in [3.05, 3.63) is 29.6 Å². The van der Waals surface area contributed by atoms with Gasteiger partial charge < -0.3 is 14.8 Å². The third-order valence-corrected chi connectivity index (χ3v) is 2.60. The Morgan fingerprint density at radius 2 is 1.89 bits per heavy atom. The predicted molar refractivity (Wildman–Crippen MR) is 71.3 cm³/mol. The molecule has 0 heterocycles. The van der Waals surface area contributed by atoms with Crippen molar-refractivity contribution in [1.29, 1.82) is 0 Å². The van der Waals surface area contributed by atoms with Crippen LogP contribution in [0, 0.1) is 12.7 Å². The van der Waals surface area contributed by atoms with Gasteiger partial charge in [0.25, 0.3) is 0 Å². The first-order valence-electron chi connectivity index (χ1n) is 6.40. The van der Waals surface area contributed by atoms with Crippen molar-refractivity contribution in [3.8, 4) is 0 Å². The minimum Gasteiger partial charge on any atom is -0.385 e. The van der Waals surface area contributed by atoms with Gasteiger partial charge in [-0.05, 0) is 38.5 Å². The number of benzene rings is 1. The zero-order valence-electron chi connectivity index (χ0n) is 11.3. The van der Waals surface area contributed by atoms with Crippen molar-refractivity contribution in [2.24, 2.45) is 0 Å². The Morgan fingerprint density at radius 3 is 2.50 bits per heavy atom. The molecule has 0 aliphatic carbocycles. The highest BCUT2D eigenvalue weighted by Crippen LogP contribution is 2.16. The number of ether oxygens (including phenoxy) is 2. The topological polar surface area (TPSA) is 30.5 Å². The maximum absolute atomic E-state index is 13.1. The van der Waals surface area contributed by atoms with Crippen LogP contribution in [0.25, 0.3) is 0 Å². The fourth-order valence-electron chi connectivity index (χ4n) is 1.70. The van der Waals surface area contributed by atoms with Gasteiger partial charge in [0.15, 0.2) is 6.29 Å². The number of hydrogen-bond donors (Lipinski definition) is 1. The van der Waals surface area contributed by atoms with E-state index in [0.29, 0.717) is 19.8 Å². The minimum absolute atomic E-state index is 0.193. The molecular weight excluding hydrogens is 233 g/mol. The zero-order valence-corrected chi connectivity index (χ0v) is 11.3. The van der Waals surface area contributed by atoms with Crippen LogP contribution in [0.1, 0.15) is 25.8 Å². The van der Waals surface area contributed by atoms with Gasteiger partial charge in [-0.2, -0.15) is 0 Å². The second-order valence-corrected chi connectivity index (χ2v) is 4.01. The quantitative estimate of drug-likeness (QED) is 0.723. The predicted octanol–water partition coefficient (Wildman–Crippen LogP) is 3.34. The third-order valence-electron chi connectivity index (χ3n) is 2.60. The highest BCUT2D eigenvalue weighted by Gasteiger charge is 2.07. The van der Waals surface area contributed by atoms with Crippen LogP contribution in [0.5, 0.6) is 0 Å². The monoisotopic (exact) mass is 255 g/mol. The Morgan fingerprint density at radius 1 is 1.22 bits per heavy atom. The van der Waals surface area contributed by atoms with Crippen LogP contribution in [-0.4, -0.2) is 26.0 Å². The van der Waals surface area contributed by atoms with Gasteiger partial charge in [0, 0.05) is 31.9 Å². The molecule has 1 aromatic rings. The molecule has 0 atom stereocenters. The third kappa shape index (κ3) is 5.02. The molecule has 0 saturated carbocycles. The van der Waals surface area contributed by atoms with Gasteiger partial charge >= 0.3 is 0 Å². The maximum Gasteiger partial charge on any atom is 0.159 e. The second-order valence-electron chi connectivity index (χ2n) is 4.01. The van der Waals surface area contributed by atoms with Crippen LogP contribution in [0.3, 0.4) is 0 Å². The summed E-state index contributed by atoms with van der Waals surface area (Å²) in [6.45, 7) is 7.78. The van der Waals surface area contributed by atoms with Crippen LogP contribution in [-0.2, 0) is 9.47 Å². The normalized spacial score (nSPS) is 10.9. The van der Waals surface area contributed by atoms with Crippen LogP contribution in [0.4, 0.5) is 10.1 Å². The number of halogens is 1. The van der Waals surface area contributed by atoms with Crippen molar-refractivity contribution in [2.75, 3.05) is 25.1 Å². The minimum atomic E-state index is -0.228. The smallest absolute Gasteiger partial charge is 0.159 e. The molecule has 0 aliphatic rings. The first-order valence-corrected chi connectivity index (χ1v) is 6.40. The summed E-state index contributed by atoms with van der Waals surface area (Å²) in [6.07, 6.45) is 0.541. The Labute approximate surface area is 108 Å². The molecule has 0 fully saturated rings. The van der Waals surface area contributed by atoms with Gasteiger partial charge in [0.2, 0.25) is 0 Å². The summed E-state index contributed by atoms with van der Waals surface area (Å²) in [4.78, 5) is 0. The molecule has 0 amide bonds. The van der Waals surface area contributed by atoms with Crippen molar-refractivity contribution in [3.63, 3.8) is 0 Å². The number of anilines is 1. The molecule has 0 saturated heterocycles. The molecule has 4 heteroatoms. The van der Waals surface area contributed by atoms with E-state index in [1.165, 1.54) is 12.1 Å². The van der Waals surface area contributed by atoms with Gasteiger partial charge in [-0.1, -0.05) is 6.07 Å². The van der Waals surface area contributed by atoms with Crippen molar-refractivity contribution >= 4 is 5.69 Å². The summed E-state index contributed by atoms with van der Waals surface area (Å²) in [5.41, 5.74) is 1.85. The second kappa shape index (κ2) is 8.06. The molecule has 0 aliphatic heterocycles. The van der Waals surface area contributed by atoms with E-state index in [-0.39, 0.29) is 12.1 Å². The van der Waals surface area contributed by atoms with E-state index in [0.717, 1.165) is 17.7 Å².